The summed E-state index contributed by atoms with van der Waals surface area (Å²) >= 11 is 18.1. The summed E-state index contributed by atoms with van der Waals surface area (Å²) < 4.78 is 0. The number of hydrogen-bond donors (Lipinski definition) is 1. The molecule has 0 aliphatic heterocycles. The van der Waals surface area contributed by atoms with Gasteiger partial charge >= 0.3 is 0 Å². The number of nitrogens with zero attached hydrogens (tertiary/aromatic N) is 1. The number of nitrogen functional groups attached to an aromatic ring is 1. The second kappa shape index (κ2) is 5.71. The number of rotatable bonds is 2. The molecule has 19 heavy (non-hydrogen) atoms. The van der Waals surface area contributed by atoms with Crippen LogP contribution in [-0.2, 0) is 0 Å². The fourth-order valence-corrected chi connectivity index (χ4v) is 2.69. The van der Waals surface area contributed by atoms with E-state index in [9.17, 15) is 5.26 Å². The smallest absolute Gasteiger partial charge is 0.0991 e. The molecule has 2 nitrogen and oxygen atoms in total. The van der Waals surface area contributed by atoms with Crippen molar-refractivity contribution in [2.24, 2.45) is 0 Å². The zero-order valence-electron chi connectivity index (χ0n) is 9.70. The SMILES string of the molecule is N#C[C@@H](c1ccc(Cl)cc1)c1c(Cl)cc(N)cc1Cl. The Morgan fingerprint density at radius 1 is 1.00 bits per heavy atom. The largest absolute Gasteiger partial charge is 0.399 e. The van der Waals surface area contributed by atoms with Gasteiger partial charge in [0.2, 0.25) is 0 Å². The Labute approximate surface area is 126 Å². The summed E-state index contributed by atoms with van der Waals surface area (Å²) in [5.41, 5.74) is 7.46. The van der Waals surface area contributed by atoms with Gasteiger partial charge in [0.05, 0.1) is 12.0 Å². The first kappa shape index (κ1) is 14.0. The maximum absolute atomic E-state index is 9.39. The zero-order chi connectivity index (χ0) is 14.0. The van der Waals surface area contributed by atoms with Gasteiger partial charge in [0, 0.05) is 26.3 Å². The molecule has 0 amide bonds. The second-order valence-electron chi connectivity index (χ2n) is 4.01. The molecule has 0 aliphatic carbocycles. The van der Waals surface area contributed by atoms with Gasteiger partial charge in [-0.2, -0.15) is 5.26 Å². The zero-order valence-corrected chi connectivity index (χ0v) is 12.0. The third-order valence-corrected chi connectivity index (χ3v) is 3.60. The molecule has 0 saturated heterocycles. The highest BCUT2D eigenvalue weighted by Crippen LogP contribution is 2.37. The van der Waals surface area contributed by atoms with Crippen LogP contribution in [0.1, 0.15) is 17.0 Å². The van der Waals surface area contributed by atoms with E-state index in [-0.39, 0.29) is 0 Å². The van der Waals surface area contributed by atoms with Gasteiger partial charge in [-0.1, -0.05) is 46.9 Å². The number of anilines is 1. The van der Waals surface area contributed by atoms with Crippen LogP contribution in [0.15, 0.2) is 36.4 Å². The second-order valence-corrected chi connectivity index (χ2v) is 5.26. The molecule has 2 aromatic rings. The standard InChI is InChI=1S/C14H9Cl3N2/c15-9-3-1-8(2-4-9)11(7-18)14-12(16)5-10(19)6-13(14)17/h1-6,11H,19H2/t11-/m0/s1. The minimum absolute atomic E-state index is 0.381. The molecule has 0 fully saturated rings. The van der Waals surface area contributed by atoms with E-state index in [4.69, 9.17) is 40.5 Å². The van der Waals surface area contributed by atoms with Crippen LogP contribution in [0.3, 0.4) is 0 Å². The Hall–Kier alpha value is -1.40. The molecule has 5 heteroatoms. The van der Waals surface area contributed by atoms with Crippen LogP contribution in [0, 0.1) is 11.3 Å². The highest BCUT2D eigenvalue weighted by atomic mass is 35.5. The molecule has 0 radical (unpaired) electrons. The van der Waals surface area contributed by atoms with Crippen LogP contribution in [0.4, 0.5) is 5.69 Å². The topological polar surface area (TPSA) is 49.8 Å². The lowest BCUT2D eigenvalue weighted by atomic mass is 9.92. The lowest BCUT2D eigenvalue weighted by Gasteiger charge is -2.14. The molecule has 0 aromatic heterocycles. The van der Waals surface area contributed by atoms with E-state index in [0.29, 0.717) is 26.3 Å². The first-order valence-corrected chi connectivity index (χ1v) is 6.56. The van der Waals surface area contributed by atoms with Crippen molar-refractivity contribution in [3.05, 3.63) is 62.6 Å². The van der Waals surface area contributed by atoms with Gasteiger partial charge in [-0.3, -0.25) is 0 Å². The Bertz CT molecular complexity index is 622. The summed E-state index contributed by atoms with van der Waals surface area (Å²) in [5.74, 6) is -0.558. The van der Waals surface area contributed by atoms with Crippen LogP contribution in [0.2, 0.25) is 15.1 Å². The summed E-state index contributed by atoms with van der Waals surface area (Å²) in [6.45, 7) is 0. The summed E-state index contributed by atoms with van der Waals surface area (Å²) in [5, 5.41) is 10.8. The normalized spacial score (nSPS) is 11.9. The van der Waals surface area contributed by atoms with Crippen LogP contribution in [0.5, 0.6) is 0 Å². The minimum atomic E-state index is -0.558. The summed E-state index contributed by atoms with van der Waals surface area (Å²) in [6.07, 6.45) is 0. The van der Waals surface area contributed by atoms with Crippen LogP contribution in [-0.4, -0.2) is 0 Å². The van der Waals surface area contributed by atoms with Gasteiger partial charge in [-0.05, 0) is 29.8 Å². The maximum Gasteiger partial charge on any atom is 0.0991 e. The number of nitriles is 1. The number of nitrogens with two attached hydrogens (primary N) is 1. The third-order valence-electron chi connectivity index (χ3n) is 2.72. The fraction of sp³-hybridized carbons (Fsp3) is 0.0714. The molecular formula is C14H9Cl3N2. The fourth-order valence-electron chi connectivity index (χ4n) is 1.84. The van der Waals surface area contributed by atoms with E-state index in [2.05, 4.69) is 6.07 Å². The predicted molar refractivity (Wildman–Crippen MR) is 79.8 cm³/mol. The number of hydrogen-bond acceptors (Lipinski definition) is 2. The predicted octanol–water partition coefficient (Wildman–Crippen LogP) is 4.88. The number of benzene rings is 2. The lowest BCUT2D eigenvalue weighted by molar-refractivity contribution is 1.04. The van der Waals surface area contributed by atoms with Crippen LogP contribution in [0.25, 0.3) is 0 Å². The van der Waals surface area contributed by atoms with Gasteiger partial charge < -0.3 is 5.73 Å². The molecule has 0 spiro atoms. The summed E-state index contributed by atoms with van der Waals surface area (Å²) in [7, 11) is 0. The van der Waals surface area contributed by atoms with Gasteiger partial charge in [-0.25, -0.2) is 0 Å². The van der Waals surface area contributed by atoms with Crippen molar-refractivity contribution in [2.45, 2.75) is 5.92 Å². The quantitative estimate of drug-likeness (QED) is 0.803. The molecule has 2 rings (SSSR count). The van der Waals surface area contributed by atoms with Gasteiger partial charge in [0.15, 0.2) is 0 Å². The molecule has 96 valence electrons. The van der Waals surface area contributed by atoms with Gasteiger partial charge in [-0.15, -0.1) is 0 Å². The molecule has 0 unspecified atom stereocenters. The summed E-state index contributed by atoms with van der Waals surface area (Å²) in [6, 6.07) is 12.4. The van der Waals surface area contributed by atoms with E-state index in [1.165, 1.54) is 0 Å². The highest BCUT2D eigenvalue weighted by molar-refractivity contribution is 6.36. The third kappa shape index (κ3) is 2.96. The Kier molecular flexibility index (Phi) is 4.21. The molecule has 1 atom stereocenters. The average molecular weight is 312 g/mol. The van der Waals surface area contributed by atoms with E-state index in [0.717, 1.165) is 5.56 Å². The molecular weight excluding hydrogens is 303 g/mol. The van der Waals surface area contributed by atoms with Crippen LogP contribution < -0.4 is 5.73 Å². The highest BCUT2D eigenvalue weighted by Gasteiger charge is 2.20. The van der Waals surface area contributed by atoms with Crippen molar-refractivity contribution in [2.75, 3.05) is 5.73 Å². The van der Waals surface area contributed by atoms with Crippen molar-refractivity contribution < 1.29 is 0 Å². The minimum Gasteiger partial charge on any atom is -0.399 e. The first-order valence-electron chi connectivity index (χ1n) is 5.42. The first-order chi connectivity index (χ1) is 9.02. The monoisotopic (exact) mass is 310 g/mol. The molecule has 0 saturated carbocycles. The summed E-state index contributed by atoms with van der Waals surface area (Å²) in [4.78, 5) is 0. The lowest BCUT2D eigenvalue weighted by Crippen LogP contribution is -2.01. The van der Waals surface area contributed by atoms with Crippen LogP contribution >= 0.6 is 34.8 Å². The van der Waals surface area contributed by atoms with Crippen molar-refractivity contribution in [1.82, 2.24) is 0 Å². The van der Waals surface area contributed by atoms with E-state index in [1.54, 1.807) is 36.4 Å². The Morgan fingerprint density at radius 3 is 2.00 bits per heavy atom. The molecule has 0 heterocycles. The van der Waals surface area contributed by atoms with Crippen molar-refractivity contribution in [1.29, 1.82) is 5.26 Å². The number of halogens is 3. The molecule has 0 aliphatic rings. The van der Waals surface area contributed by atoms with E-state index < -0.39 is 5.92 Å². The van der Waals surface area contributed by atoms with Crippen molar-refractivity contribution in [3.8, 4) is 6.07 Å². The molecule has 2 aromatic carbocycles. The van der Waals surface area contributed by atoms with Gasteiger partial charge in [0.25, 0.3) is 0 Å². The Balaban J connectivity index is 2.55. The molecule has 0 bridgehead atoms. The van der Waals surface area contributed by atoms with E-state index in [1.807, 2.05) is 0 Å². The molecule has 2 N–H and O–H groups in total. The maximum atomic E-state index is 9.39. The van der Waals surface area contributed by atoms with Crippen molar-refractivity contribution >= 4 is 40.5 Å². The Morgan fingerprint density at radius 2 is 1.53 bits per heavy atom. The van der Waals surface area contributed by atoms with Gasteiger partial charge in [0.1, 0.15) is 0 Å². The van der Waals surface area contributed by atoms with Crippen molar-refractivity contribution in [3.63, 3.8) is 0 Å². The van der Waals surface area contributed by atoms with E-state index >= 15 is 0 Å². The average Bonchev–Trinajstić information content (AvgIpc) is 2.35.